The van der Waals surface area contributed by atoms with Gasteiger partial charge < -0.3 is 4.90 Å². The van der Waals surface area contributed by atoms with Gasteiger partial charge in [0, 0.05) is 23.2 Å². The zero-order valence-corrected chi connectivity index (χ0v) is 12.2. The van der Waals surface area contributed by atoms with Gasteiger partial charge in [-0.25, -0.2) is 0 Å². The van der Waals surface area contributed by atoms with Crippen LogP contribution in [-0.4, -0.2) is 6.54 Å². The van der Waals surface area contributed by atoms with Gasteiger partial charge in [-0.3, -0.25) is 0 Å². The van der Waals surface area contributed by atoms with Crippen molar-refractivity contribution in [2.24, 2.45) is 0 Å². The lowest BCUT2D eigenvalue weighted by Crippen LogP contribution is -2.23. The first kappa shape index (κ1) is 13.6. The predicted molar refractivity (Wildman–Crippen MR) is 81.9 cm³/mol. The zero-order chi connectivity index (χ0) is 13.5. The molecule has 96 valence electrons. The SMILES string of the molecule is N#CCCN(Cc1ccccc1Br)c1ccccc1. The second kappa shape index (κ2) is 6.96. The number of rotatable bonds is 5. The van der Waals surface area contributed by atoms with E-state index in [0.29, 0.717) is 6.42 Å². The molecule has 2 aromatic rings. The van der Waals surface area contributed by atoms with Gasteiger partial charge in [0.2, 0.25) is 0 Å². The number of benzene rings is 2. The minimum absolute atomic E-state index is 0.527. The van der Waals surface area contributed by atoms with Crippen LogP contribution in [0.3, 0.4) is 0 Å². The molecule has 0 aromatic heterocycles. The summed E-state index contributed by atoms with van der Waals surface area (Å²) in [7, 11) is 0. The molecule has 0 aliphatic rings. The highest BCUT2D eigenvalue weighted by atomic mass is 79.9. The maximum Gasteiger partial charge on any atom is 0.0640 e. The zero-order valence-electron chi connectivity index (χ0n) is 10.6. The van der Waals surface area contributed by atoms with Crippen molar-refractivity contribution < 1.29 is 0 Å². The molecule has 0 fully saturated rings. The van der Waals surface area contributed by atoms with Crippen LogP contribution >= 0.6 is 15.9 Å². The van der Waals surface area contributed by atoms with E-state index in [2.05, 4.69) is 45.1 Å². The standard InChI is InChI=1S/C16H15BrN2/c17-16-10-5-4-7-14(16)13-19(12-6-11-18)15-8-2-1-3-9-15/h1-5,7-10H,6,12-13H2. The Bertz CT molecular complexity index is 560. The molecule has 0 spiro atoms. The molecule has 19 heavy (non-hydrogen) atoms. The summed E-state index contributed by atoms with van der Waals surface area (Å²) in [5.74, 6) is 0. The van der Waals surface area contributed by atoms with E-state index in [1.165, 1.54) is 5.56 Å². The Hall–Kier alpha value is -1.79. The highest BCUT2D eigenvalue weighted by Crippen LogP contribution is 2.22. The van der Waals surface area contributed by atoms with Gasteiger partial charge in [0.1, 0.15) is 0 Å². The van der Waals surface area contributed by atoms with Crippen molar-refractivity contribution in [1.29, 1.82) is 5.26 Å². The Morgan fingerprint density at radius 3 is 2.37 bits per heavy atom. The fraction of sp³-hybridized carbons (Fsp3) is 0.188. The Balaban J connectivity index is 2.20. The number of halogens is 1. The average molecular weight is 315 g/mol. The van der Waals surface area contributed by atoms with Crippen molar-refractivity contribution >= 4 is 21.6 Å². The molecular weight excluding hydrogens is 300 g/mol. The minimum atomic E-state index is 0.527. The Morgan fingerprint density at radius 1 is 1.00 bits per heavy atom. The normalized spacial score (nSPS) is 9.89. The summed E-state index contributed by atoms with van der Waals surface area (Å²) in [4.78, 5) is 2.23. The average Bonchev–Trinajstić information content (AvgIpc) is 2.46. The van der Waals surface area contributed by atoms with Gasteiger partial charge in [-0.2, -0.15) is 5.26 Å². The van der Waals surface area contributed by atoms with Crippen LogP contribution in [0.15, 0.2) is 59.1 Å². The van der Waals surface area contributed by atoms with Gasteiger partial charge in [-0.1, -0.05) is 52.3 Å². The molecule has 0 N–H and O–H groups in total. The molecular formula is C16H15BrN2. The fourth-order valence-corrected chi connectivity index (χ4v) is 2.37. The lowest BCUT2D eigenvalue weighted by molar-refractivity contribution is 0.796. The summed E-state index contributed by atoms with van der Waals surface area (Å²) in [6, 6.07) is 20.6. The van der Waals surface area contributed by atoms with Crippen LogP contribution in [0.1, 0.15) is 12.0 Å². The molecule has 0 aliphatic carbocycles. The largest absolute Gasteiger partial charge is 0.366 e. The number of nitriles is 1. The molecule has 0 radical (unpaired) electrons. The van der Waals surface area contributed by atoms with E-state index < -0.39 is 0 Å². The third kappa shape index (κ3) is 3.84. The van der Waals surface area contributed by atoms with Crippen LogP contribution in [0.5, 0.6) is 0 Å². The van der Waals surface area contributed by atoms with Crippen molar-refractivity contribution in [3.8, 4) is 6.07 Å². The lowest BCUT2D eigenvalue weighted by atomic mass is 10.2. The van der Waals surface area contributed by atoms with E-state index in [-0.39, 0.29) is 0 Å². The van der Waals surface area contributed by atoms with E-state index >= 15 is 0 Å². The molecule has 0 atom stereocenters. The second-order valence-electron chi connectivity index (χ2n) is 4.26. The molecule has 2 rings (SSSR count). The highest BCUT2D eigenvalue weighted by Gasteiger charge is 2.08. The van der Waals surface area contributed by atoms with Crippen LogP contribution in [0.2, 0.25) is 0 Å². The Kier molecular flexibility index (Phi) is 5.00. The minimum Gasteiger partial charge on any atom is -0.366 e. The first-order valence-electron chi connectivity index (χ1n) is 6.21. The molecule has 3 heteroatoms. The molecule has 0 aliphatic heterocycles. The summed E-state index contributed by atoms with van der Waals surface area (Å²) in [5.41, 5.74) is 2.37. The molecule has 2 nitrogen and oxygen atoms in total. The van der Waals surface area contributed by atoms with Crippen molar-refractivity contribution in [1.82, 2.24) is 0 Å². The van der Waals surface area contributed by atoms with E-state index in [0.717, 1.165) is 23.2 Å². The highest BCUT2D eigenvalue weighted by molar-refractivity contribution is 9.10. The van der Waals surface area contributed by atoms with E-state index in [9.17, 15) is 0 Å². The van der Waals surface area contributed by atoms with Crippen molar-refractivity contribution in [3.05, 3.63) is 64.6 Å². The summed E-state index contributed by atoms with van der Waals surface area (Å²) >= 11 is 3.57. The lowest BCUT2D eigenvalue weighted by Gasteiger charge is -2.24. The predicted octanol–water partition coefficient (Wildman–Crippen LogP) is 4.37. The third-order valence-corrected chi connectivity index (χ3v) is 3.71. The van der Waals surface area contributed by atoms with E-state index in [1.807, 2.05) is 36.4 Å². The first-order chi connectivity index (χ1) is 9.31. The summed E-state index contributed by atoms with van der Waals surface area (Å²) in [6.07, 6.45) is 0.527. The number of hydrogen-bond acceptors (Lipinski definition) is 2. The smallest absolute Gasteiger partial charge is 0.0640 e. The third-order valence-electron chi connectivity index (χ3n) is 2.93. The number of hydrogen-bond donors (Lipinski definition) is 0. The molecule has 0 unspecified atom stereocenters. The van der Waals surface area contributed by atoms with Crippen LogP contribution < -0.4 is 4.90 Å². The maximum absolute atomic E-state index is 8.80. The fourth-order valence-electron chi connectivity index (χ4n) is 1.96. The monoisotopic (exact) mass is 314 g/mol. The summed E-state index contributed by atoms with van der Waals surface area (Å²) in [5, 5.41) is 8.80. The van der Waals surface area contributed by atoms with Gasteiger partial charge in [-0.15, -0.1) is 0 Å². The molecule has 0 heterocycles. The van der Waals surface area contributed by atoms with Crippen LogP contribution in [-0.2, 0) is 6.54 Å². The Labute approximate surface area is 122 Å². The van der Waals surface area contributed by atoms with Crippen molar-refractivity contribution in [3.63, 3.8) is 0 Å². The Morgan fingerprint density at radius 2 is 1.68 bits per heavy atom. The summed E-state index contributed by atoms with van der Waals surface area (Å²) in [6.45, 7) is 1.54. The molecule has 2 aromatic carbocycles. The van der Waals surface area contributed by atoms with E-state index in [4.69, 9.17) is 5.26 Å². The molecule has 0 amide bonds. The number of nitrogens with zero attached hydrogens (tertiary/aromatic N) is 2. The topological polar surface area (TPSA) is 27.0 Å². The molecule has 0 saturated heterocycles. The van der Waals surface area contributed by atoms with Crippen molar-refractivity contribution in [2.75, 3.05) is 11.4 Å². The van der Waals surface area contributed by atoms with Gasteiger partial charge in [0.05, 0.1) is 12.5 Å². The van der Waals surface area contributed by atoms with Gasteiger partial charge in [0.15, 0.2) is 0 Å². The molecule has 0 saturated carbocycles. The van der Waals surface area contributed by atoms with E-state index in [1.54, 1.807) is 0 Å². The maximum atomic E-state index is 8.80. The molecule has 0 bridgehead atoms. The van der Waals surface area contributed by atoms with Crippen LogP contribution in [0, 0.1) is 11.3 Å². The van der Waals surface area contributed by atoms with Crippen LogP contribution in [0.25, 0.3) is 0 Å². The van der Waals surface area contributed by atoms with Gasteiger partial charge in [0.25, 0.3) is 0 Å². The number of anilines is 1. The van der Waals surface area contributed by atoms with Crippen molar-refractivity contribution in [2.45, 2.75) is 13.0 Å². The second-order valence-corrected chi connectivity index (χ2v) is 5.11. The summed E-state index contributed by atoms with van der Waals surface area (Å²) < 4.78 is 1.10. The van der Waals surface area contributed by atoms with Gasteiger partial charge >= 0.3 is 0 Å². The van der Waals surface area contributed by atoms with Gasteiger partial charge in [-0.05, 0) is 23.8 Å². The first-order valence-corrected chi connectivity index (χ1v) is 7.01. The quantitative estimate of drug-likeness (QED) is 0.819. The number of para-hydroxylation sites is 1. The van der Waals surface area contributed by atoms with Crippen LogP contribution in [0.4, 0.5) is 5.69 Å².